The smallest absolute Gasteiger partial charge is 0.411 e. The first-order valence-corrected chi connectivity index (χ1v) is 8.05. The first-order valence-electron chi connectivity index (χ1n) is 7.64. The average molecular weight is 374 g/mol. The fourth-order valence-corrected chi connectivity index (χ4v) is 2.06. The number of nitrogens with zero attached hydrogens (tertiary/aromatic N) is 1. The number of carbonyl (C=O) groups is 3. The van der Waals surface area contributed by atoms with Crippen molar-refractivity contribution in [3.8, 4) is 0 Å². The molecular weight excluding hydrogens is 348 g/mol. The van der Waals surface area contributed by atoms with E-state index in [0.29, 0.717) is 0 Å². The summed E-state index contributed by atoms with van der Waals surface area (Å²) < 4.78 is 14.7. The summed E-state index contributed by atoms with van der Waals surface area (Å²) >= 11 is 4.98. The molecule has 8 nitrogen and oxygen atoms in total. The highest BCUT2D eigenvalue weighted by molar-refractivity contribution is 7.80. The minimum atomic E-state index is -0.862. The van der Waals surface area contributed by atoms with Crippen molar-refractivity contribution in [2.75, 3.05) is 20.3 Å². The van der Waals surface area contributed by atoms with Gasteiger partial charge in [0.05, 0.1) is 18.1 Å². The van der Waals surface area contributed by atoms with E-state index in [1.54, 1.807) is 20.8 Å². The summed E-state index contributed by atoms with van der Waals surface area (Å²) in [7, 11) is 1.19. The maximum Gasteiger partial charge on any atom is 0.411 e. The summed E-state index contributed by atoms with van der Waals surface area (Å²) in [6, 6.07) is -0.862. The van der Waals surface area contributed by atoms with Crippen LogP contribution in [-0.4, -0.2) is 59.8 Å². The second-order valence-corrected chi connectivity index (χ2v) is 6.58. The summed E-state index contributed by atoms with van der Waals surface area (Å²) in [6.45, 7) is 8.21. The van der Waals surface area contributed by atoms with Crippen LogP contribution in [0.15, 0.2) is 12.7 Å². The lowest BCUT2D eigenvalue weighted by molar-refractivity contribution is -0.155. The lowest BCUT2D eigenvalue weighted by Crippen LogP contribution is -2.50. The van der Waals surface area contributed by atoms with Gasteiger partial charge in [-0.2, -0.15) is 0 Å². The molecule has 0 radical (unpaired) electrons. The lowest BCUT2D eigenvalue weighted by atomic mass is 10.1. The molecule has 25 heavy (non-hydrogen) atoms. The monoisotopic (exact) mass is 374 g/mol. The zero-order chi connectivity index (χ0) is 19.6. The quantitative estimate of drug-likeness (QED) is 0.280. The van der Waals surface area contributed by atoms with E-state index in [1.807, 2.05) is 0 Å². The van der Waals surface area contributed by atoms with Crippen molar-refractivity contribution in [1.82, 2.24) is 4.90 Å². The highest BCUT2D eigenvalue weighted by Crippen LogP contribution is 2.14. The molecule has 1 atom stereocenters. The van der Waals surface area contributed by atoms with Crippen molar-refractivity contribution in [3.63, 3.8) is 0 Å². The molecule has 0 heterocycles. The number of nitrogens with two attached hydrogens (primary N) is 1. The number of esters is 2. The number of methoxy groups -OCH3 is 1. The molecule has 0 aromatic heterocycles. The molecule has 0 aliphatic carbocycles. The van der Waals surface area contributed by atoms with Crippen LogP contribution in [0.4, 0.5) is 4.79 Å². The van der Waals surface area contributed by atoms with E-state index in [4.69, 9.17) is 27.4 Å². The Kier molecular flexibility index (Phi) is 9.73. The Labute approximate surface area is 153 Å². The Morgan fingerprint density at radius 1 is 1.28 bits per heavy atom. The van der Waals surface area contributed by atoms with Crippen LogP contribution in [0.2, 0.25) is 0 Å². The summed E-state index contributed by atoms with van der Waals surface area (Å²) in [5.74, 6) is -1.14. The predicted molar refractivity (Wildman–Crippen MR) is 95.9 cm³/mol. The molecule has 0 spiro atoms. The molecule has 9 heteroatoms. The molecular formula is C16H26N2O6S. The first kappa shape index (κ1) is 22.8. The van der Waals surface area contributed by atoms with Gasteiger partial charge in [0.2, 0.25) is 0 Å². The van der Waals surface area contributed by atoms with Crippen LogP contribution < -0.4 is 5.73 Å². The van der Waals surface area contributed by atoms with E-state index in [1.165, 1.54) is 13.2 Å². The lowest BCUT2D eigenvalue weighted by Gasteiger charge is -2.29. The van der Waals surface area contributed by atoms with Crippen LogP contribution in [0.3, 0.4) is 0 Å². The van der Waals surface area contributed by atoms with Crippen LogP contribution in [-0.2, 0) is 23.8 Å². The minimum absolute atomic E-state index is 0.0360. The second-order valence-electron chi connectivity index (χ2n) is 6.11. The minimum Gasteiger partial charge on any atom is -0.468 e. The molecule has 1 amide bonds. The molecule has 0 saturated carbocycles. The van der Waals surface area contributed by atoms with Crippen molar-refractivity contribution >= 4 is 35.2 Å². The molecule has 0 bridgehead atoms. The van der Waals surface area contributed by atoms with E-state index >= 15 is 0 Å². The molecule has 0 aromatic carbocycles. The van der Waals surface area contributed by atoms with Crippen LogP contribution in [0.5, 0.6) is 0 Å². The van der Waals surface area contributed by atoms with Gasteiger partial charge < -0.3 is 19.9 Å². The Bertz CT molecular complexity index is 515. The van der Waals surface area contributed by atoms with Gasteiger partial charge in [0.1, 0.15) is 18.8 Å². The third kappa shape index (κ3) is 9.65. The number of ether oxygens (including phenoxy) is 3. The van der Waals surface area contributed by atoms with Gasteiger partial charge >= 0.3 is 18.0 Å². The highest BCUT2D eigenvalue weighted by Gasteiger charge is 2.30. The summed E-state index contributed by atoms with van der Waals surface area (Å²) in [5.41, 5.74) is 5.06. The SMILES string of the molecule is C=CCOC(=O)N(CC(=O)OC)[C@@H](CCC(=O)OC(C)(C)C)C(N)=S. The Morgan fingerprint density at radius 2 is 1.88 bits per heavy atom. The van der Waals surface area contributed by atoms with Gasteiger partial charge in [-0.25, -0.2) is 4.79 Å². The average Bonchev–Trinajstić information content (AvgIpc) is 2.49. The zero-order valence-corrected chi connectivity index (χ0v) is 15.9. The first-order chi connectivity index (χ1) is 11.5. The van der Waals surface area contributed by atoms with Crippen molar-refractivity contribution in [1.29, 1.82) is 0 Å². The standard InChI is InChI=1S/C16H26N2O6S/c1-6-9-23-15(21)18(10-13(20)22-5)11(14(17)25)7-8-12(19)24-16(2,3)4/h6,11H,1,7-10H2,2-5H3,(H2,17,25)/t11-/m0/s1. The van der Waals surface area contributed by atoms with E-state index in [-0.39, 0.29) is 24.4 Å². The van der Waals surface area contributed by atoms with Crippen molar-refractivity contribution in [2.45, 2.75) is 45.3 Å². The third-order valence-corrected chi connectivity index (χ3v) is 3.10. The number of carbonyl (C=O) groups excluding carboxylic acids is 3. The number of rotatable bonds is 9. The molecule has 0 aliphatic rings. The molecule has 0 aliphatic heterocycles. The molecule has 0 rings (SSSR count). The Hall–Kier alpha value is -2.16. The maximum atomic E-state index is 12.2. The molecule has 0 aromatic rings. The van der Waals surface area contributed by atoms with E-state index in [9.17, 15) is 14.4 Å². The fourth-order valence-electron chi connectivity index (χ4n) is 1.82. The number of thiocarbonyl (C=S) groups is 1. The van der Waals surface area contributed by atoms with Gasteiger partial charge in [-0.3, -0.25) is 14.5 Å². The van der Waals surface area contributed by atoms with E-state index in [2.05, 4.69) is 11.3 Å². The number of hydrogen-bond acceptors (Lipinski definition) is 7. The molecule has 0 saturated heterocycles. The number of amides is 1. The zero-order valence-electron chi connectivity index (χ0n) is 15.1. The Balaban J connectivity index is 5.16. The van der Waals surface area contributed by atoms with Gasteiger partial charge in [0.15, 0.2) is 0 Å². The van der Waals surface area contributed by atoms with Gasteiger partial charge in [0, 0.05) is 6.42 Å². The summed E-state index contributed by atoms with van der Waals surface area (Å²) in [6.07, 6.45) is 0.619. The van der Waals surface area contributed by atoms with Crippen LogP contribution in [0.25, 0.3) is 0 Å². The van der Waals surface area contributed by atoms with Crippen molar-refractivity contribution in [2.24, 2.45) is 5.73 Å². The van der Waals surface area contributed by atoms with Crippen LogP contribution in [0, 0.1) is 0 Å². The fraction of sp³-hybridized carbons (Fsp3) is 0.625. The van der Waals surface area contributed by atoms with Crippen LogP contribution >= 0.6 is 12.2 Å². The van der Waals surface area contributed by atoms with Crippen LogP contribution in [0.1, 0.15) is 33.6 Å². The van der Waals surface area contributed by atoms with E-state index in [0.717, 1.165) is 4.90 Å². The maximum absolute atomic E-state index is 12.2. The largest absolute Gasteiger partial charge is 0.468 e. The second kappa shape index (κ2) is 10.7. The number of hydrogen-bond donors (Lipinski definition) is 1. The molecule has 0 unspecified atom stereocenters. The third-order valence-electron chi connectivity index (χ3n) is 2.83. The Morgan fingerprint density at radius 3 is 2.32 bits per heavy atom. The molecule has 142 valence electrons. The summed E-state index contributed by atoms with van der Waals surface area (Å²) in [4.78, 5) is 36.6. The predicted octanol–water partition coefficient (Wildman–Crippen LogP) is 1.56. The highest BCUT2D eigenvalue weighted by atomic mass is 32.1. The van der Waals surface area contributed by atoms with Gasteiger partial charge in [0.25, 0.3) is 0 Å². The molecule has 0 fully saturated rings. The van der Waals surface area contributed by atoms with Gasteiger partial charge in [-0.05, 0) is 27.2 Å². The normalized spacial score (nSPS) is 11.8. The van der Waals surface area contributed by atoms with Crippen molar-refractivity contribution < 1.29 is 28.6 Å². The topological polar surface area (TPSA) is 108 Å². The molecule has 2 N–H and O–H groups in total. The van der Waals surface area contributed by atoms with Gasteiger partial charge in [-0.1, -0.05) is 24.9 Å². The van der Waals surface area contributed by atoms with Gasteiger partial charge in [-0.15, -0.1) is 0 Å². The van der Waals surface area contributed by atoms with Crippen molar-refractivity contribution in [3.05, 3.63) is 12.7 Å². The van der Waals surface area contributed by atoms with E-state index < -0.39 is 36.2 Å². The summed E-state index contributed by atoms with van der Waals surface area (Å²) in [5, 5.41) is 0.